The third kappa shape index (κ3) is 8.58. The van der Waals surface area contributed by atoms with Crippen molar-refractivity contribution in [3.8, 4) is 11.5 Å². The van der Waals surface area contributed by atoms with Gasteiger partial charge in [0.15, 0.2) is 11.5 Å². The van der Waals surface area contributed by atoms with Crippen LogP contribution in [0.3, 0.4) is 0 Å². The highest BCUT2D eigenvalue weighted by Crippen LogP contribution is 2.38. The van der Waals surface area contributed by atoms with Crippen molar-refractivity contribution in [3.63, 3.8) is 0 Å². The van der Waals surface area contributed by atoms with Gasteiger partial charge in [-0.25, -0.2) is 4.79 Å². The van der Waals surface area contributed by atoms with Crippen molar-refractivity contribution in [2.45, 2.75) is 51.1 Å². The average Bonchev–Trinajstić information content (AvgIpc) is 3.72. The van der Waals surface area contributed by atoms with Gasteiger partial charge in [-0.1, -0.05) is 6.07 Å². The van der Waals surface area contributed by atoms with Gasteiger partial charge in [-0.3, -0.25) is 4.79 Å². The molecule has 44 heavy (non-hydrogen) atoms. The summed E-state index contributed by atoms with van der Waals surface area (Å²) >= 11 is 1.51. The molecule has 1 aliphatic rings. The Bertz CT molecular complexity index is 1450. The first-order valence-corrected chi connectivity index (χ1v) is 14.4. The zero-order valence-electron chi connectivity index (χ0n) is 24.1. The third-order valence-corrected chi connectivity index (χ3v) is 7.99. The van der Waals surface area contributed by atoms with Crippen molar-refractivity contribution < 1.29 is 45.4 Å². The van der Waals surface area contributed by atoms with E-state index in [4.69, 9.17) is 9.47 Å². The molecule has 238 valence electrons. The molecule has 1 N–H and O–H groups in total. The lowest BCUT2D eigenvalue weighted by molar-refractivity contribution is -0.143. The third-order valence-electron chi connectivity index (χ3n) is 7.01. The minimum Gasteiger partial charge on any atom is -0.493 e. The van der Waals surface area contributed by atoms with Crippen LogP contribution in [-0.4, -0.2) is 55.1 Å². The molecule has 3 aromatic rings. The van der Waals surface area contributed by atoms with Crippen molar-refractivity contribution in [2.75, 3.05) is 32.6 Å². The van der Waals surface area contributed by atoms with Crippen LogP contribution in [0.25, 0.3) is 0 Å². The van der Waals surface area contributed by atoms with Crippen LogP contribution in [0.4, 0.5) is 36.8 Å². The maximum Gasteiger partial charge on any atom is 0.416 e. The van der Waals surface area contributed by atoms with Crippen molar-refractivity contribution in [3.05, 3.63) is 75.0 Å². The Morgan fingerprint density at radius 3 is 2.07 bits per heavy atom. The van der Waals surface area contributed by atoms with Gasteiger partial charge in [0.2, 0.25) is 5.91 Å². The average molecular weight is 644 g/mol. The van der Waals surface area contributed by atoms with Crippen LogP contribution >= 0.6 is 11.3 Å². The largest absolute Gasteiger partial charge is 0.493 e. The summed E-state index contributed by atoms with van der Waals surface area (Å²) in [4.78, 5) is 31.5. The number of hydrogen-bond acceptors (Lipinski definition) is 5. The number of urea groups is 1. The Hall–Kier alpha value is -3.94. The molecule has 0 aliphatic heterocycles. The predicted molar refractivity (Wildman–Crippen MR) is 153 cm³/mol. The van der Waals surface area contributed by atoms with E-state index >= 15 is 0 Å². The zero-order chi connectivity index (χ0) is 32.2. The smallest absolute Gasteiger partial charge is 0.416 e. The number of alkyl halides is 6. The number of nitrogens with zero attached hydrogens (tertiary/aromatic N) is 2. The van der Waals surface area contributed by atoms with Crippen molar-refractivity contribution in [2.24, 2.45) is 0 Å². The number of ether oxygens (including phenoxy) is 2. The van der Waals surface area contributed by atoms with Gasteiger partial charge in [0.05, 0.1) is 31.9 Å². The summed E-state index contributed by atoms with van der Waals surface area (Å²) in [6, 6.07) is 8.74. The van der Waals surface area contributed by atoms with Crippen molar-refractivity contribution in [1.82, 2.24) is 9.80 Å². The first-order chi connectivity index (χ1) is 20.7. The van der Waals surface area contributed by atoms with E-state index in [0.29, 0.717) is 42.9 Å². The standard InChI is InChI=1S/C30H31F6N3O4S/c1-18-4-8-24(44-18)16-38(11-10-19-5-9-25(42-2)26(12-19)43-3)27(40)17-39(23-6-7-23)28(41)37-22-14-20(29(31,32)33)13-21(15-22)30(34,35)36/h4-5,8-9,12-15,23H,6-7,10-11,16-17H2,1-3H3,(H,37,41). The van der Waals surface area contributed by atoms with Gasteiger partial charge < -0.3 is 24.6 Å². The lowest BCUT2D eigenvalue weighted by Crippen LogP contribution is -2.45. The van der Waals surface area contributed by atoms with Crippen LogP contribution in [0.1, 0.15) is 39.3 Å². The molecule has 0 atom stereocenters. The number of anilines is 1. The fraction of sp³-hybridized carbons (Fsp3) is 0.400. The number of hydrogen-bond donors (Lipinski definition) is 1. The van der Waals surface area contributed by atoms with Crippen LogP contribution in [0, 0.1) is 6.92 Å². The van der Waals surface area contributed by atoms with Crippen LogP contribution in [0.15, 0.2) is 48.5 Å². The molecule has 0 spiro atoms. The summed E-state index contributed by atoms with van der Waals surface area (Å²) in [5.41, 5.74) is -2.91. The van der Waals surface area contributed by atoms with Gasteiger partial charge in [0.1, 0.15) is 6.54 Å². The predicted octanol–water partition coefficient (Wildman–Crippen LogP) is 7.38. The molecule has 1 fully saturated rings. The number of halogens is 6. The molecule has 4 rings (SSSR count). The zero-order valence-corrected chi connectivity index (χ0v) is 25.0. The van der Waals surface area contributed by atoms with Gasteiger partial charge in [0.25, 0.3) is 0 Å². The summed E-state index contributed by atoms with van der Waals surface area (Å²) in [7, 11) is 3.03. The Labute approximate surface area is 254 Å². The highest BCUT2D eigenvalue weighted by Gasteiger charge is 2.38. The lowest BCUT2D eigenvalue weighted by Gasteiger charge is -2.28. The number of nitrogens with one attached hydrogen (secondary N) is 1. The molecule has 2 aromatic carbocycles. The van der Waals surface area contributed by atoms with Gasteiger partial charge in [-0.15, -0.1) is 11.3 Å². The van der Waals surface area contributed by atoms with Crippen LogP contribution in [0.2, 0.25) is 0 Å². The summed E-state index contributed by atoms with van der Waals surface area (Å²) in [6.07, 6.45) is -8.60. The second-order valence-corrected chi connectivity index (χ2v) is 11.7. The quantitative estimate of drug-likeness (QED) is 0.222. The molecule has 1 aromatic heterocycles. The normalized spacial score (nSPS) is 13.4. The van der Waals surface area contributed by atoms with E-state index in [1.165, 1.54) is 30.5 Å². The molecule has 14 heteroatoms. The maximum absolute atomic E-state index is 13.6. The van der Waals surface area contributed by atoms with Gasteiger partial charge in [-0.05, 0) is 74.2 Å². The number of carbonyl (C=O) groups is 2. The van der Waals surface area contributed by atoms with Crippen LogP contribution in [0.5, 0.6) is 11.5 Å². The van der Waals surface area contributed by atoms with E-state index in [2.05, 4.69) is 5.32 Å². The minimum atomic E-state index is -5.07. The molecular formula is C30H31F6N3O4S. The lowest BCUT2D eigenvalue weighted by atomic mass is 10.1. The SMILES string of the molecule is COc1ccc(CCN(Cc2ccc(C)s2)C(=O)CN(C(=O)Nc2cc(C(F)(F)F)cc(C(F)(F)F)c2)C2CC2)cc1OC. The molecule has 1 saturated carbocycles. The second kappa shape index (κ2) is 13.4. The van der Waals surface area contributed by atoms with Gasteiger partial charge in [0, 0.05) is 28.0 Å². The van der Waals surface area contributed by atoms with E-state index < -0.39 is 47.6 Å². The Morgan fingerprint density at radius 1 is 0.909 bits per heavy atom. The number of methoxy groups -OCH3 is 2. The fourth-order valence-electron chi connectivity index (χ4n) is 4.57. The number of rotatable bonds is 11. The van der Waals surface area contributed by atoms with Gasteiger partial charge >= 0.3 is 18.4 Å². The van der Waals surface area contributed by atoms with Gasteiger partial charge in [-0.2, -0.15) is 26.3 Å². The summed E-state index contributed by atoms with van der Waals surface area (Å²) in [6.45, 7) is 2.06. The Kier molecular flexibility index (Phi) is 10.0. The molecular weight excluding hydrogens is 612 g/mol. The number of aryl methyl sites for hydroxylation is 1. The van der Waals surface area contributed by atoms with Crippen LogP contribution in [-0.2, 0) is 30.1 Å². The molecule has 0 bridgehead atoms. The number of amides is 3. The molecule has 0 radical (unpaired) electrons. The first-order valence-electron chi connectivity index (χ1n) is 13.6. The highest BCUT2D eigenvalue weighted by atomic mass is 32.1. The molecule has 3 amide bonds. The van der Waals surface area contributed by atoms with E-state index in [1.54, 1.807) is 17.0 Å². The maximum atomic E-state index is 13.6. The first kappa shape index (κ1) is 33.0. The van der Waals surface area contributed by atoms with Crippen LogP contribution < -0.4 is 14.8 Å². The Balaban J connectivity index is 1.53. The van der Waals surface area contributed by atoms with E-state index in [1.807, 2.05) is 25.1 Å². The summed E-state index contributed by atoms with van der Waals surface area (Å²) in [5, 5.41) is 2.16. The highest BCUT2D eigenvalue weighted by molar-refractivity contribution is 7.11. The van der Waals surface area contributed by atoms with E-state index in [9.17, 15) is 35.9 Å². The minimum absolute atomic E-state index is 0.0135. The summed E-state index contributed by atoms with van der Waals surface area (Å²) in [5.74, 6) is 0.655. The monoisotopic (exact) mass is 643 g/mol. The van der Waals surface area contributed by atoms with E-state index in [0.717, 1.165) is 15.3 Å². The van der Waals surface area contributed by atoms with Crippen molar-refractivity contribution in [1.29, 1.82) is 0 Å². The Morgan fingerprint density at radius 2 is 1.55 bits per heavy atom. The molecule has 1 heterocycles. The summed E-state index contributed by atoms with van der Waals surface area (Å²) < 4.78 is 90.6. The second-order valence-electron chi connectivity index (χ2n) is 10.4. The molecule has 7 nitrogen and oxygen atoms in total. The number of thiophene rings is 1. The number of benzene rings is 2. The van der Waals surface area contributed by atoms with Crippen molar-refractivity contribution >= 4 is 29.0 Å². The molecule has 0 unspecified atom stereocenters. The molecule has 0 saturated heterocycles. The fourth-order valence-corrected chi connectivity index (χ4v) is 5.48. The van der Waals surface area contributed by atoms with E-state index in [-0.39, 0.29) is 25.2 Å². The topological polar surface area (TPSA) is 71.1 Å². The molecule has 1 aliphatic carbocycles. The number of carbonyl (C=O) groups excluding carboxylic acids is 2.